The number of rotatable bonds is 10. The van der Waals surface area contributed by atoms with E-state index in [1.54, 1.807) is 0 Å². The summed E-state index contributed by atoms with van der Waals surface area (Å²) in [6.07, 6.45) is 6.37. The number of unbranched alkanes of at least 4 members (excludes halogenated alkanes) is 5. The topological polar surface area (TPSA) is 29.5 Å². The van der Waals surface area contributed by atoms with Crippen LogP contribution in [-0.2, 0) is 4.74 Å². The van der Waals surface area contributed by atoms with Crippen LogP contribution in [0.25, 0.3) is 0 Å². The van der Waals surface area contributed by atoms with Gasteiger partial charge in [-0.15, -0.1) is 0 Å². The number of aliphatic hydroxyl groups excluding tert-OH is 1. The molecule has 0 rings (SSSR count). The van der Waals surface area contributed by atoms with Gasteiger partial charge in [0.1, 0.15) is 12.8 Å². The summed E-state index contributed by atoms with van der Waals surface area (Å²) in [5, 5.41) is 8.83. The van der Waals surface area contributed by atoms with Crippen LogP contribution in [0.5, 0.6) is 0 Å². The molecule has 0 radical (unpaired) electrons. The first-order chi connectivity index (χ1) is 6.81. The fourth-order valence-electron chi connectivity index (χ4n) is 1.25. The van der Waals surface area contributed by atoms with E-state index in [1.807, 2.05) is 0 Å². The van der Waals surface area contributed by atoms with Crippen molar-refractivity contribution < 1.29 is 14.2 Å². The van der Waals surface area contributed by atoms with Crippen LogP contribution >= 0.6 is 0 Å². The summed E-state index contributed by atoms with van der Waals surface area (Å²) in [5.74, 6) is 0. The van der Waals surface area contributed by atoms with Crippen molar-refractivity contribution in [3.8, 4) is 0 Å². The van der Waals surface area contributed by atoms with Gasteiger partial charge in [-0.25, -0.2) is 4.39 Å². The molecule has 0 aliphatic carbocycles. The molecular weight excluding hydrogens is 183 g/mol. The highest BCUT2D eigenvalue weighted by Gasteiger charge is 2.01. The average Bonchev–Trinajstić information content (AvgIpc) is 2.21. The molecule has 0 amide bonds. The zero-order chi connectivity index (χ0) is 10.6. The van der Waals surface area contributed by atoms with E-state index in [9.17, 15) is 4.39 Å². The van der Waals surface area contributed by atoms with Gasteiger partial charge in [-0.3, -0.25) is 0 Å². The predicted molar refractivity (Wildman–Crippen MR) is 56.2 cm³/mol. The number of hydrogen-bond donors (Lipinski definition) is 1. The van der Waals surface area contributed by atoms with Gasteiger partial charge in [-0.2, -0.15) is 0 Å². The molecule has 0 heterocycles. The van der Waals surface area contributed by atoms with Crippen LogP contribution in [0.2, 0.25) is 0 Å². The van der Waals surface area contributed by atoms with E-state index in [0.29, 0.717) is 6.61 Å². The fourth-order valence-corrected chi connectivity index (χ4v) is 1.25. The molecule has 1 N–H and O–H groups in total. The van der Waals surface area contributed by atoms with Gasteiger partial charge >= 0.3 is 0 Å². The first-order valence-corrected chi connectivity index (χ1v) is 5.63. The smallest absolute Gasteiger partial charge is 0.118 e. The lowest BCUT2D eigenvalue weighted by atomic mass is 10.1. The summed E-state index contributed by atoms with van der Waals surface area (Å²) >= 11 is 0. The first kappa shape index (κ1) is 13.8. The molecule has 86 valence electrons. The van der Waals surface area contributed by atoms with E-state index in [1.165, 1.54) is 32.1 Å². The maximum absolute atomic E-state index is 11.8. The zero-order valence-corrected chi connectivity index (χ0v) is 9.17. The quantitative estimate of drug-likeness (QED) is 0.557. The number of aliphatic hydroxyl groups is 1. The number of ether oxygens (including phenoxy) is 1. The largest absolute Gasteiger partial charge is 0.388 e. The van der Waals surface area contributed by atoms with E-state index in [2.05, 4.69) is 6.92 Å². The van der Waals surface area contributed by atoms with E-state index in [4.69, 9.17) is 9.84 Å². The van der Waals surface area contributed by atoms with Crippen molar-refractivity contribution in [3.05, 3.63) is 0 Å². The molecule has 0 aliphatic heterocycles. The van der Waals surface area contributed by atoms with E-state index >= 15 is 0 Å². The van der Waals surface area contributed by atoms with Crippen molar-refractivity contribution in [1.82, 2.24) is 0 Å². The molecule has 0 fully saturated rings. The van der Waals surface area contributed by atoms with Crippen LogP contribution in [0.1, 0.15) is 45.4 Å². The minimum atomic E-state index is -0.935. The Hall–Kier alpha value is -0.150. The van der Waals surface area contributed by atoms with Gasteiger partial charge < -0.3 is 9.84 Å². The summed E-state index contributed by atoms with van der Waals surface area (Å²) in [5.41, 5.74) is 0. The molecule has 0 aromatic rings. The minimum absolute atomic E-state index is 0.130. The Bertz CT molecular complexity index is 109. The Balaban J connectivity index is 2.92. The zero-order valence-electron chi connectivity index (χ0n) is 9.17. The molecule has 0 saturated carbocycles. The van der Waals surface area contributed by atoms with Gasteiger partial charge in [0, 0.05) is 6.61 Å². The summed E-state index contributed by atoms with van der Waals surface area (Å²) < 4.78 is 16.9. The van der Waals surface area contributed by atoms with Crippen molar-refractivity contribution in [2.75, 3.05) is 19.9 Å². The molecule has 2 nitrogen and oxygen atoms in total. The maximum atomic E-state index is 11.8. The molecule has 0 spiro atoms. The monoisotopic (exact) mass is 206 g/mol. The Kier molecular flexibility index (Phi) is 10.8. The lowest BCUT2D eigenvalue weighted by Crippen LogP contribution is -2.17. The minimum Gasteiger partial charge on any atom is -0.388 e. The van der Waals surface area contributed by atoms with Gasteiger partial charge in [-0.05, 0) is 6.42 Å². The van der Waals surface area contributed by atoms with Crippen LogP contribution in [0.4, 0.5) is 4.39 Å². The van der Waals surface area contributed by atoms with Gasteiger partial charge in [0.25, 0.3) is 0 Å². The molecule has 0 aromatic heterocycles. The number of alkyl halides is 1. The lowest BCUT2D eigenvalue weighted by Gasteiger charge is -2.06. The number of halogens is 1. The fraction of sp³-hybridized carbons (Fsp3) is 1.00. The normalized spacial score (nSPS) is 13.1. The third kappa shape index (κ3) is 9.93. The van der Waals surface area contributed by atoms with Gasteiger partial charge in [-0.1, -0.05) is 39.0 Å². The summed E-state index contributed by atoms with van der Waals surface area (Å²) in [6.45, 7) is 2.26. The first-order valence-electron chi connectivity index (χ1n) is 5.63. The van der Waals surface area contributed by atoms with Gasteiger partial charge in [0.15, 0.2) is 0 Å². The Morgan fingerprint density at radius 3 is 2.43 bits per heavy atom. The van der Waals surface area contributed by atoms with Gasteiger partial charge in [0.2, 0.25) is 0 Å². The second kappa shape index (κ2) is 10.9. The Morgan fingerprint density at radius 1 is 1.14 bits per heavy atom. The summed E-state index contributed by atoms with van der Waals surface area (Å²) in [4.78, 5) is 0. The molecule has 1 unspecified atom stereocenters. The molecule has 0 bridgehead atoms. The average molecular weight is 206 g/mol. The van der Waals surface area contributed by atoms with Crippen molar-refractivity contribution in [3.63, 3.8) is 0 Å². The Morgan fingerprint density at radius 2 is 1.79 bits per heavy atom. The van der Waals surface area contributed by atoms with Crippen molar-refractivity contribution in [2.45, 2.75) is 51.6 Å². The highest BCUT2D eigenvalue weighted by atomic mass is 19.1. The summed E-state index contributed by atoms with van der Waals surface area (Å²) in [7, 11) is 0. The molecular formula is C11H23FO2. The van der Waals surface area contributed by atoms with Crippen LogP contribution in [0.3, 0.4) is 0 Å². The highest BCUT2D eigenvalue weighted by molar-refractivity contribution is 4.49. The standard InChI is InChI=1S/C11H23FO2/c1-2-3-4-5-6-7-8-14-10-11(13)9-12/h11,13H,2-10H2,1H3. The van der Waals surface area contributed by atoms with E-state index < -0.39 is 12.8 Å². The molecule has 0 saturated heterocycles. The van der Waals surface area contributed by atoms with Crippen molar-refractivity contribution in [1.29, 1.82) is 0 Å². The second-order valence-electron chi connectivity index (χ2n) is 3.65. The third-order valence-electron chi connectivity index (χ3n) is 2.13. The van der Waals surface area contributed by atoms with Crippen molar-refractivity contribution in [2.24, 2.45) is 0 Å². The van der Waals surface area contributed by atoms with E-state index in [0.717, 1.165) is 6.42 Å². The molecule has 0 aliphatic rings. The third-order valence-corrected chi connectivity index (χ3v) is 2.13. The molecule has 3 heteroatoms. The molecule has 0 aromatic carbocycles. The van der Waals surface area contributed by atoms with Crippen LogP contribution in [0, 0.1) is 0 Å². The van der Waals surface area contributed by atoms with Crippen LogP contribution in [0.15, 0.2) is 0 Å². The van der Waals surface area contributed by atoms with Crippen LogP contribution < -0.4 is 0 Å². The molecule has 1 atom stereocenters. The number of hydrogen-bond acceptors (Lipinski definition) is 2. The van der Waals surface area contributed by atoms with Crippen molar-refractivity contribution >= 4 is 0 Å². The Labute approximate surface area is 86.5 Å². The SMILES string of the molecule is CCCCCCCCOCC(O)CF. The van der Waals surface area contributed by atoms with Crippen LogP contribution in [-0.4, -0.2) is 31.1 Å². The second-order valence-corrected chi connectivity index (χ2v) is 3.65. The summed E-state index contributed by atoms with van der Waals surface area (Å²) in [6, 6.07) is 0. The lowest BCUT2D eigenvalue weighted by molar-refractivity contribution is 0.0228. The molecule has 14 heavy (non-hydrogen) atoms. The maximum Gasteiger partial charge on any atom is 0.118 e. The van der Waals surface area contributed by atoms with Gasteiger partial charge in [0.05, 0.1) is 6.61 Å². The predicted octanol–water partition coefficient (Wildman–Crippen LogP) is 2.69. The van der Waals surface area contributed by atoms with E-state index in [-0.39, 0.29) is 6.61 Å². The highest BCUT2D eigenvalue weighted by Crippen LogP contribution is 2.04.